The van der Waals surface area contributed by atoms with Crippen LogP contribution in [0.15, 0.2) is 35.4 Å². The molecular weight excluding hydrogens is 246 g/mol. The molecule has 2 N–H and O–H groups in total. The van der Waals surface area contributed by atoms with Crippen LogP contribution in [0.3, 0.4) is 0 Å². The minimum atomic E-state index is -0.427. The fraction of sp³-hybridized carbons (Fsp3) is 0.429. The van der Waals surface area contributed by atoms with Crippen molar-refractivity contribution in [3.63, 3.8) is 0 Å². The zero-order valence-corrected chi connectivity index (χ0v) is 11.5. The number of hydrogen-bond acceptors (Lipinski definition) is 3. The zero-order valence-electron chi connectivity index (χ0n) is 10.7. The minimum Gasteiger partial charge on any atom is -0.390 e. The third-order valence-corrected chi connectivity index (χ3v) is 3.64. The van der Waals surface area contributed by atoms with E-state index in [2.05, 4.69) is 23.2 Å². The van der Waals surface area contributed by atoms with E-state index < -0.39 is 6.10 Å². The summed E-state index contributed by atoms with van der Waals surface area (Å²) in [5, 5.41) is 12.1. The normalized spacial score (nSPS) is 13.3. The van der Waals surface area contributed by atoms with E-state index in [-0.39, 0.29) is 6.10 Å². The number of fused-ring (bicyclic) bond motifs is 1. The summed E-state index contributed by atoms with van der Waals surface area (Å²) >= 11 is 1.62. The van der Waals surface area contributed by atoms with Gasteiger partial charge in [0.25, 0.3) is 0 Å². The number of aliphatic hydroxyl groups excluding tert-OH is 1. The fourth-order valence-electron chi connectivity index (χ4n) is 1.66. The Morgan fingerprint density at radius 2 is 2.11 bits per heavy atom. The predicted molar refractivity (Wildman–Crippen MR) is 76.1 cm³/mol. The molecule has 2 rings (SSSR count). The van der Waals surface area contributed by atoms with Gasteiger partial charge in [0.15, 0.2) is 0 Å². The van der Waals surface area contributed by atoms with E-state index in [9.17, 15) is 5.11 Å². The third kappa shape index (κ3) is 3.77. The van der Waals surface area contributed by atoms with Gasteiger partial charge < -0.3 is 14.8 Å². The fourth-order valence-corrected chi connectivity index (χ4v) is 2.52. The highest BCUT2D eigenvalue weighted by molar-refractivity contribution is 7.99. The van der Waals surface area contributed by atoms with Crippen molar-refractivity contribution in [2.24, 2.45) is 0 Å². The summed E-state index contributed by atoms with van der Waals surface area (Å²) in [5.41, 5.74) is 1.13. The molecule has 4 heteroatoms. The maximum Gasteiger partial charge on any atom is 0.0867 e. The number of aromatic nitrogens is 1. The number of nitrogens with one attached hydrogen (secondary N) is 1. The van der Waals surface area contributed by atoms with Gasteiger partial charge in [-0.25, -0.2) is 0 Å². The molecule has 1 aromatic carbocycles. The molecule has 0 saturated heterocycles. The Balaban J connectivity index is 1.86. The van der Waals surface area contributed by atoms with Crippen LogP contribution < -0.4 is 0 Å². The Labute approximate surface area is 112 Å². The van der Waals surface area contributed by atoms with Crippen LogP contribution in [-0.4, -0.2) is 34.7 Å². The highest BCUT2D eigenvalue weighted by Crippen LogP contribution is 2.23. The number of para-hydroxylation sites is 1. The highest BCUT2D eigenvalue weighted by atomic mass is 32.2. The number of hydrogen-bond donors (Lipinski definition) is 2. The Kier molecular flexibility index (Phi) is 4.69. The van der Waals surface area contributed by atoms with Gasteiger partial charge >= 0.3 is 0 Å². The lowest BCUT2D eigenvalue weighted by atomic mass is 10.3. The van der Waals surface area contributed by atoms with Crippen LogP contribution in [0.2, 0.25) is 0 Å². The van der Waals surface area contributed by atoms with Crippen molar-refractivity contribution >= 4 is 22.7 Å². The summed E-state index contributed by atoms with van der Waals surface area (Å²) in [4.78, 5) is 3.33. The van der Waals surface area contributed by atoms with Crippen LogP contribution in [0.25, 0.3) is 10.9 Å². The van der Waals surface area contributed by atoms with E-state index in [1.165, 1.54) is 5.39 Å². The largest absolute Gasteiger partial charge is 0.390 e. The SMILES string of the molecule is CC(C)OCC(O)CSc1cc2ccccc2[nH]1. The number of benzene rings is 1. The van der Waals surface area contributed by atoms with Crippen LogP contribution in [0.5, 0.6) is 0 Å². The first kappa shape index (κ1) is 13.5. The van der Waals surface area contributed by atoms with Crippen LogP contribution >= 0.6 is 11.8 Å². The number of ether oxygens (including phenoxy) is 1. The molecule has 0 radical (unpaired) electrons. The Morgan fingerprint density at radius 3 is 2.83 bits per heavy atom. The van der Waals surface area contributed by atoms with Crippen molar-refractivity contribution in [3.05, 3.63) is 30.3 Å². The van der Waals surface area contributed by atoms with E-state index in [1.54, 1.807) is 11.8 Å². The van der Waals surface area contributed by atoms with E-state index in [4.69, 9.17) is 4.74 Å². The first-order valence-corrected chi connectivity index (χ1v) is 7.14. The number of rotatable bonds is 6. The maximum atomic E-state index is 9.77. The topological polar surface area (TPSA) is 45.2 Å². The second kappa shape index (κ2) is 6.27. The lowest BCUT2D eigenvalue weighted by molar-refractivity contribution is 0.0152. The summed E-state index contributed by atoms with van der Waals surface area (Å²) < 4.78 is 5.38. The van der Waals surface area contributed by atoms with Gasteiger partial charge in [-0.05, 0) is 26.0 Å². The Morgan fingerprint density at radius 1 is 1.33 bits per heavy atom. The molecular formula is C14H19NO2S. The number of aromatic amines is 1. The van der Waals surface area contributed by atoms with Crippen LogP contribution in [0.1, 0.15) is 13.8 Å². The highest BCUT2D eigenvalue weighted by Gasteiger charge is 2.08. The Hall–Kier alpha value is -0.970. The summed E-state index contributed by atoms with van der Waals surface area (Å²) in [6.45, 7) is 4.33. The molecule has 2 aromatic rings. The molecule has 1 aromatic heterocycles. The van der Waals surface area contributed by atoms with Gasteiger partial charge in [0, 0.05) is 16.7 Å². The summed E-state index contributed by atoms with van der Waals surface area (Å²) in [6.07, 6.45) is -0.262. The molecule has 0 fully saturated rings. The molecule has 0 saturated carbocycles. The molecule has 0 bridgehead atoms. The van der Waals surface area contributed by atoms with Crippen LogP contribution in [0, 0.1) is 0 Å². The van der Waals surface area contributed by atoms with Gasteiger partial charge in [0.05, 0.1) is 23.8 Å². The molecule has 1 heterocycles. The summed E-state index contributed by atoms with van der Waals surface area (Å²) in [6, 6.07) is 10.3. The van der Waals surface area contributed by atoms with E-state index in [0.717, 1.165) is 10.5 Å². The smallest absolute Gasteiger partial charge is 0.0867 e. The van der Waals surface area contributed by atoms with Gasteiger partial charge in [-0.15, -0.1) is 11.8 Å². The monoisotopic (exact) mass is 265 g/mol. The molecule has 3 nitrogen and oxygen atoms in total. The second-order valence-corrected chi connectivity index (χ2v) is 5.63. The lowest BCUT2D eigenvalue weighted by Gasteiger charge is -2.12. The molecule has 0 spiro atoms. The molecule has 1 unspecified atom stereocenters. The Bertz CT molecular complexity index is 462. The van der Waals surface area contributed by atoms with Gasteiger partial charge in [-0.3, -0.25) is 0 Å². The predicted octanol–water partition coefficient (Wildman–Crippen LogP) is 3.05. The number of thioether (sulfide) groups is 1. The molecule has 0 aliphatic carbocycles. The third-order valence-electron chi connectivity index (χ3n) is 2.56. The standard InChI is InChI=1S/C14H19NO2S/c1-10(2)17-8-12(16)9-18-14-7-11-5-3-4-6-13(11)15-14/h3-7,10,12,15-16H,8-9H2,1-2H3. The van der Waals surface area contributed by atoms with E-state index in [1.807, 2.05) is 26.0 Å². The summed E-state index contributed by atoms with van der Waals surface area (Å²) in [5.74, 6) is 0.638. The van der Waals surface area contributed by atoms with Crippen molar-refractivity contribution in [2.45, 2.75) is 31.1 Å². The van der Waals surface area contributed by atoms with Gasteiger partial charge in [-0.1, -0.05) is 18.2 Å². The molecule has 98 valence electrons. The van der Waals surface area contributed by atoms with Crippen molar-refractivity contribution in [2.75, 3.05) is 12.4 Å². The first-order chi connectivity index (χ1) is 8.65. The average Bonchev–Trinajstić information content (AvgIpc) is 2.76. The van der Waals surface area contributed by atoms with Gasteiger partial charge in [0.2, 0.25) is 0 Å². The van der Waals surface area contributed by atoms with Crippen molar-refractivity contribution in [3.8, 4) is 0 Å². The second-order valence-electron chi connectivity index (χ2n) is 4.57. The first-order valence-electron chi connectivity index (χ1n) is 6.15. The van der Waals surface area contributed by atoms with Crippen molar-refractivity contribution in [1.82, 2.24) is 4.98 Å². The average molecular weight is 265 g/mol. The van der Waals surface area contributed by atoms with E-state index in [0.29, 0.717) is 12.4 Å². The maximum absolute atomic E-state index is 9.77. The number of H-pyrrole nitrogens is 1. The zero-order chi connectivity index (χ0) is 13.0. The van der Waals surface area contributed by atoms with Gasteiger partial charge in [-0.2, -0.15) is 0 Å². The van der Waals surface area contributed by atoms with Crippen LogP contribution in [-0.2, 0) is 4.74 Å². The van der Waals surface area contributed by atoms with Crippen LogP contribution in [0.4, 0.5) is 0 Å². The van der Waals surface area contributed by atoms with Gasteiger partial charge in [0.1, 0.15) is 0 Å². The molecule has 18 heavy (non-hydrogen) atoms. The summed E-state index contributed by atoms with van der Waals surface area (Å²) in [7, 11) is 0. The van der Waals surface area contributed by atoms with Crippen molar-refractivity contribution in [1.29, 1.82) is 0 Å². The minimum absolute atomic E-state index is 0.165. The quantitative estimate of drug-likeness (QED) is 0.789. The molecule has 0 amide bonds. The molecule has 0 aliphatic heterocycles. The van der Waals surface area contributed by atoms with E-state index >= 15 is 0 Å². The number of aliphatic hydroxyl groups is 1. The molecule has 1 atom stereocenters. The lowest BCUT2D eigenvalue weighted by Crippen LogP contribution is -2.20. The van der Waals surface area contributed by atoms with Crippen molar-refractivity contribution < 1.29 is 9.84 Å². The molecule has 0 aliphatic rings.